The smallest absolute Gasteiger partial charge is 0.191 e. The summed E-state index contributed by atoms with van der Waals surface area (Å²) in [4.78, 5) is 8.90. The zero-order valence-corrected chi connectivity index (χ0v) is 17.3. The summed E-state index contributed by atoms with van der Waals surface area (Å²) in [5, 5.41) is 21.0. The van der Waals surface area contributed by atoms with Crippen molar-refractivity contribution in [3.63, 3.8) is 0 Å². The Morgan fingerprint density at radius 2 is 2.00 bits per heavy atom. The molecule has 1 heterocycles. The largest absolute Gasteiger partial charge is 0.386 e. The number of halogens is 2. The molecule has 1 unspecified atom stereocenters. The molecule has 0 radical (unpaired) electrons. The van der Waals surface area contributed by atoms with E-state index in [-0.39, 0.29) is 6.54 Å². The Morgan fingerprint density at radius 3 is 2.62 bits per heavy atom. The highest BCUT2D eigenvalue weighted by Gasteiger charge is 2.10. The van der Waals surface area contributed by atoms with Gasteiger partial charge in [0.2, 0.25) is 0 Å². The van der Waals surface area contributed by atoms with Crippen LogP contribution in [0.3, 0.4) is 0 Å². The number of guanidine groups is 1. The number of benzene rings is 1. The van der Waals surface area contributed by atoms with Crippen molar-refractivity contribution in [1.29, 1.82) is 0 Å². The van der Waals surface area contributed by atoms with E-state index in [0.29, 0.717) is 21.6 Å². The molecule has 0 bridgehead atoms. The summed E-state index contributed by atoms with van der Waals surface area (Å²) in [7, 11) is 0. The number of aliphatic hydroxyl groups is 1. The average molecular weight is 415 g/mol. The van der Waals surface area contributed by atoms with E-state index in [1.54, 1.807) is 29.5 Å². The molecule has 0 aliphatic heterocycles. The molecule has 0 saturated heterocycles. The molecule has 2 aromatic rings. The van der Waals surface area contributed by atoms with Crippen molar-refractivity contribution in [2.45, 2.75) is 32.8 Å². The van der Waals surface area contributed by atoms with Crippen molar-refractivity contribution in [3.8, 4) is 0 Å². The molecule has 2 rings (SSSR count). The predicted molar refractivity (Wildman–Crippen MR) is 111 cm³/mol. The van der Waals surface area contributed by atoms with Crippen LogP contribution >= 0.6 is 34.5 Å². The van der Waals surface area contributed by atoms with Gasteiger partial charge in [0.1, 0.15) is 0 Å². The number of aryl methyl sites for hydroxylation is 2. The molecule has 0 aliphatic carbocycles. The molecule has 1 atom stereocenters. The summed E-state index contributed by atoms with van der Waals surface area (Å²) >= 11 is 13.7. The Labute approximate surface area is 168 Å². The van der Waals surface area contributed by atoms with Crippen LogP contribution in [0.2, 0.25) is 10.0 Å². The van der Waals surface area contributed by atoms with Crippen LogP contribution in [-0.2, 0) is 6.42 Å². The fraction of sp³-hybridized carbons (Fsp3) is 0.444. The maximum atomic E-state index is 10.3. The van der Waals surface area contributed by atoms with Crippen LogP contribution in [0.15, 0.2) is 28.6 Å². The van der Waals surface area contributed by atoms with Crippen molar-refractivity contribution >= 4 is 40.5 Å². The molecule has 0 amide bonds. The molecule has 3 N–H and O–H groups in total. The third kappa shape index (κ3) is 7.11. The molecule has 8 heteroatoms. The number of aromatic nitrogens is 1. The van der Waals surface area contributed by atoms with E-state index >= 15 is 0 Å². The molecule has 142 valence electrons. The number of nitrogens with one attached hydrogen (secondary N) is 2. The second kappa shape index (κ2) is 10.7. The Balaban J connectivity index is 1.84. The lowest BCUT2D eigenvalue weighted by Gasteiger charge is -2.13. The number of nitrogens with zero attached hydrogens (tertiary/aromatic N) is 2. The average Bonchev–Trinajstić information content (AvgIpc) is 3.00. The molecule has 1 aromatic carbocycles. The zero-order valence-electron chi connectivity index (χ0n) is 14.9. The van der Waals surface area contributed by atoms with Gasteiger partial charge in [0.25, 0.3) is 0 Å². The van der Waals surface area contributed by atoms with Gasteiger partial charge in [0, 0.05) is 40.6 Å². The number of hydrogen-bond donors (Lipinski definition) is 3. The van der Waals surface area contributed by atoms with Crippen molar-refractivity contribution in [2.75, 3.05) is 19.6 Å². The summed E-state index contributed by atoms with van der Waals surface area (Å²) in [6.45, 7) is 5.76. The van der Waals surface area contributed by atoms with Gasteiger partial charge < -0.3 is 15.7 Å². The van der Waals surface area contributed by atoms with Gasteiger partial charge in [-0.25, -0.2) is 4.98 Å². The summed E-state index contributed by atoms with van der Waals surface area (Å²) in [5.41, 5.74) is 1.73. The minimum absolute atomic E-state index is 0.220. The molecule has 5 nitrogen and oxygen atoms in total. The second-order valence-corrected chi connectivity index (χ2v) is 7.67. The number of aliphatic imine (C=N–C) groups is 1. The first-order valence-electron chi connectivity index (χ1n) is 8.55. The fourth-order valence-electron chi connectivity index (χ4n) is 2.36. The lowest BCUT2D eigenvalue weighted by atomic mass is 10.1. The summed E-state index contributed by atoms with van der Waals surface area (Å²) in [6.07, 6.45) is 1.14. The third-order valence-corrected chi connectivity index (χ3v) is 5.03. The predicted octanol–water partition coefficient (Wildman–Crippen LogP) is 3.98. The quantitative estimate of drug-likeness (QED) is 0.347. The normalized spacial score (nSPS) is 12.9. The van der Waals surface area contributed by atoms with Crippen LogP contribution in [0.1, 0.15) is 35.7 Å². The van der Waals surface area contributed by atoms with E-state index < -0.39 is 6.10 Å². The van der Waals surface area contributed by atoms with E-state index in [1.165, 1.54) is 0 Å². The third-order valence-electron chi connectivity index (χ3n) is 3.56. The highest BCUT2D eigenvalue weighted by atomic mass is 35.5. The topological polar surface area (TPSA) is 69.5 Å². The first-order chi connectivity index (χ1) is 12.5. The zero-order chi connectivity index (χ0) is 18.9. The summed E-state index contributed by atoms with van der Waals surface area (Å²) < 4.78 is 0. The molecule has 0 fully saturated rings. The Hall–Kier alpha value is -1.34. The Kier molecular flexibility index (Phi) is 8.65. The molecule has 0 saturated carbocycles. The summed E-state index contributed by atoms with van der Waals surface area (Å²) in [5.74, 6) is 0.676. The van der Waals surface area contributed by atoms with Crippen LogP contribution in [-0.4, -0.2) is 35.7 Å². The van der Waals surface area contributed by atoms with E-state index in [1.807, 2.05) is 13.8 Å². The van der Waals surface area contributed by atoms with Gasteiger partial charge >= 0.3 is 0 Å². The van der Waals surface area contributed by atoms with Crippen LogP contribution in [0.25, 0.3) is 0 Å². The van der Waals surface area contributed by atoms with Crippen molar-refractivity contribution in [3.05, 3.63) is 49.9 Å². The monoisotopic (exact) mass is 414 g/mol. The van der Waals surface area contributed by atoms with Crippen LogP contribution in [0, 0.1) is 6.92 Å². The molecule has 0 spiro atoms. The fourth-order valence-corrected chi connectivity index (χ4v) is 3.72. The maximum absolute atomic E-state index is 10.3. The molecule has 1 aromatic heterocycles. The highest BCUT2D eigenvalue weighted by molar-refractivity contribution is 7.09. The Bertz CT molecular complexity index is 715. The van der Waals surface area contributed by atoms with Gasteiger partial charge in [-0.1, -0.05) is 23.2 Å². The first-order valence-corrected chi connectivity index (χ1v) is 10.2. The van der Waals surface area contributed by atoms with E-state index in [9.17, 15) is 5.11 Å². The number of aliphatic hydroxyl groups excluding tert-OH is 1. The van der Waals surface area contributed by atoms with Gasteiger partial charge in [-0.05, 0) is 44.0 Å². The Morgan fingerprint density at radius 1 is 1.27 bits per heavy atom. The van der Waals surface area contributed by atoms with Crippen molar-refractivity contribution < 1.29 is 5.11 Å². The van der Waals surface area contributed by atoms with Crippen molar-refractivity contribution in [1.82, 2.24) is 15.6 Å². The highest BCUT2D eigenvalue weighted by Crippen LogP contribution is 2.23. The number of hydrogen-bond acceptors (Lipinski definition) is 4. The van der Waals surface area contributed by atoms with E-state index in [4.69, 9.17) is 23.2 Å². The van der Waals surface area contributed by atoms with Gasteiger partial charge in [0.05, 0.1) is 17.7 Å². The van der Waals surface area contributed by atoms with E-state index in [0.717, 1.165) is 36.6 Å². The molecular weight excluding hydrogens is 391 g/mol. The van der Waals surface area contributed by atoms with Crippen LogP contribution in [0.4, 0.5) is 0 Å². The number of rotatable bonds is 8. The van der Waals surface area contributed by atoms with Crippen LogP contribution < -0.4 is 10.6 Å². The number of thiazole rings is 1. The van der Waals surface area contributed by atoms with E-state index in [2.05, 4.69) is 26.0 Å². The minimum Gasteiger partial charge on any atom is -0.386 e. The maximum Gasteiger partial charge on any atom is 0.191 e. The lowest BCUT2D eigenvalue weighted by molar-refractivity contribution is 0.187. The van der Waals surface area contributed by atoms with Crippen LogP contribution in [0.5, 0.6) is 0 Å². The second-order valence-electron chi connectivity index (χ2n) is 5.85. The van der Waals surface area contributed by atoms with Gasteiger partial charge in [-0.3, -0.25) is 4.99 Å². The minimum atomic E-state index is -0.764. The SMILES string of the molecule is CCNC(=NCC(O)c1cc(Cl)cc(Cl)c1)NCCCc1nc(C)cs1. The molecule has 26 heavy (non-hydrogen) atoms. The summed E-state index contributed by atoms with van der Waals surface area (Å²) in [6, 6.07) is 5.03. The van der Waals surface area contributed by atoms with Crippen molar-refractivity contribution in [2.24, 2.45) is 4.99 Å². The standard InChI is InChI=1S/C18H24Cl2N4OS/c1-3-21-18(22-6-4-5-17-24-12(2)11-26-17)23-10-16(25)13-7-14(19)9-15(20)8-13/h7-9,11,16,25H,3-6,10H2,1-2H3,(H2,21,22,23). The van der Waals surface area contributed by atoms with Gasteiger partial charge in [-0.2, -0.15) is 0 Å². The molecular formula is C18H24Cl2N4OS. The lowest BCUT2D eigenvalue weighted by Crippen LogP contribution is -2.38. The molecule has 0 aliphatic rings. The van der Waals surface area contributed by atoms with Gasteiger partial charge in [-0.15, -0.1) is 11.3 Å². The first kappa shape index (κ1) is 21.0. The van der Waals surface area contributed by atoms with Gasteiger partial charge in [0.15, 0.2) is 5.96 Å².